The highest BCUT2D eigenvalue weighted by atomic mass is 79.9. The van der Waals surface area contributed by atoms with Crippen LogP contribution < -0.4 is 15.4 Å². The number of morpholine rings is 1. The number of carbonyl (C=O) groups excluding carboxylic acids is 1. The van der Waals surface area contributed by atoms with Gasteiger partial charge in [0.2, 0.25) is 0 Å². The molecule has 0 unspecified atom stereocenters. The molecule has 2 aromatic rings. The fraction of sp³-hybridized carbons (Fsp3) is 0.350. The van der Waals surface area contributed by atoms with Crippen molar-refractivity contribution in [2.45, 2.75) is 6.54 Å². The van der Waals surface area contributed by atoms with Crippen molar-refractivity contribution in [3.8, 4) is 5.75 Å². The third-order valence-electron chi connectivity index (χ3n) is 4.23. The predicted molar refractivity (Wildman–Crippen MR) is 109 cm³/mol. The molecule has 1 aliphatic rings. The summed E-state index contributed by atoms with van der Waals surface area (Å²) < 4.78 is 12.2. The monoisotopic (exact) mass is 433 g/mol. The molecule has 6 nitrogen and oxygen atoms in total. The largest absolute Gasteiger partial charge is 0.492 e. The maximum Gasteiger partial charge on any atom is 0.319 e. The van der Waals surface area contributed by atoms with Crippen molar-refractivity contribution in [1.29, 1.82) is 0 Å². The van der Waals surface area contributed by atoms with Crippen molar-refractivity contribution in [1.82, 2.24) is 10.2 Å². The lowest BCUT2D eigenvalue weighted by atomic mass is 10.2. The number of ether oxygens (including phenoxy) is 2. The number of halogens is 1. The minimum Gasteiger partial charge on any atom is -0.492 e. The van der Waals surface area contributed by atoms with Gasteiger partial charge in [-0.1, -0.05) is 28.1 Å². The molecule has 2 N–H and O–H groups in total. The zero-order valence-corrected chi connectivity index (χ0v) is 16.7. The van der Waals surface area contributed by atoms with Gasteiger partial charge in [0, 0.05) is 36.3 Å². The standard InChI is InChI=1S/C20H24BrN3O3/c21-17-4-6-18(7-5-17)23-20(25)22-15-16-2-1-3-19(14-16)27-13-10-24-8-11-26-12-9-24/h1-7,14H,8-13,15H2,(H2,22,23,25). The third kappa shape index (κ3) is 6.86. The highest BCUT2D eigenvalue weighted by molar-refractivity contribution is 9.10. The van der Waals surface area contributed by atoms with Gasteiger partial charge in [-0.05, 0) is 42.0 Å². The van der Waals surface area contributed by atoms with Gasteiger partial charge >= 0.3 is 6.03 Å². The van der Waals surface area contributed by atoms with Crippen LogP contribution in [-0.4, -0.2) is 50.4 Å². The van der Waals surface area contributed by atoms with Crippen molar-refractivity contribution in [2.75, 3.05) is 44.8 Å². The zero-order valence-electron chi connectivity index (χ0n) is 15.1. The number of carbonyl (C=O) groups is 1. The van der Waals surface area contributed by atoms with Gasteiger partial charge in [-0.2, -0.15) is 0 Å². The molecule has 27 heavy (non-hydrogen) atoms. The molecule has 0 saturated carbocycles. The quantitative estimate of drug-likeness (QED) is 0.701. The Balaban J connectivity index is 1.41. The maximum absolute atomic E-state index is 12.0. The van der Waals surface area contributed by atoms with Gasteiger partial charge in [-0.3, -0.25) is 4.90 Å². The number of anilines is 1. The van der Waals surface area contributed by atoms with Crippen molar-refractivity contribution in [2.24, 2.45) is 0 Å². The molecular formula is C20H24BrN3O3. The van der Waals surface area contributed by atoms with E-state index in [9.17, 15) is 4.79 Å². The number of nitrogens with one attached hydrogen (secondary N) is 2. The van der Waals surface area contributed by atoms with Crippen LogP contribution >= 0.6 is 15.9 Å². The first-order valence-electron chi connectivity index (χ1n) is 9.01. The number of nitrogens with zero attached hydrogens (tertiary/aromatic N) is 1. The Morgan fingerprint density at radius 2 is 1.93 bits per heavy atom. The average Bonchev–Trinajstić information content (AvgIpc) is 2.69. The van der Waals surface area contributed by atoms with E-state index in [-0.39, 0.29) is 6.03 Å². The maximum atomic E-state index is 12.0. The second-order valence-corrected chi connectivity index (χ2v) is 7.18. The molecule has 1 aliphatic heterocycles. The summed E-state index contributed by atoms with van der Waals surface area (Å²) in [7, 11) is 0. The summed E-state index contributed by atoms with van der Waals surface area (Å²) in [6.45, 7) is 5.47. The summed E-state index contributed by atoms with van der Waals surface area (Å²) in [5.74, 6) is 0.816. The number of hydrogen-bond donors (Lipinski definition) is 2. The third-order valence-corrected chi connectivity index (χ3v) is 4.76. The molecule has 0 atom stereocenters. The Bertz CT molecular complexity index is 734. The molecule has 0 aliphatic carbocycles. The number of benzene rings is 2. The average molecular weight is 434 g/mol. The van der Waals surface area contributed by atoms with Gasteiger partial charge in [0.25, 0.3) is 0 Å². The van der Waals surface area contributed by atoms with Crippen molar-refractivity contribution in [3.05, 3.63) is 58.6 Å². The van der Waals surface area contributed by atoms with Gasteiger partial charge in [0.05, 0.1) is 13.2 Å². The molecule has 3 rings (SSSR count). The van der Waals surface area contributed by atoms with E-state index in [0.29, 0.717) is 13.2 Å². The second-order valence-electron chi connectivity index (χ2n) is 6.26. The molecule has 144 valence electrons. The first-order valence-corrected chi connectivity index (χ1v) is 9.80. The Kier molecular flexibility index (Phi) is 7.50. The lowest BCUT2D eigenvalue weighted by Gasteiger charge is -2.26. The second kappa shape index (κ2) is 10.3. The first-order chi connectivity index (χ1) is 13.2. The lowest BCUT2D eigenvalue weighted by Crippen LogP contribution is -2.38. The highest BCUT2D eigenvalue weighted by Gasteiger charge is 2.10. The fourth-order valence-electron chi connectivity index (χ4n) is 2.75. The van der Waals surface area contributed by atoms with Crippen LogP contribution in [0.4, 0.5) is 10.5 Å². The number of hydrogen-bond acceptors (Lipinski definition) is 4. The van der Waals surface area contributed by atoms with Crippen LogP contribution in [0.3, 0.4) is 0 Å². The summed E-state index contributed by atoms with van der Waals surface area (Å²) >= 11 is 3.37. The van der Waals surface area contributed by atoms with Crippen LogP contribution in [0.5, 0.6) is 5.75 Å². The van der Waals surface area contributed by atoms with E-state index in [0.717, 1.165) is 54.3 Å². The van der Waals surface area contributed by atoms with E-state index in [4.69, 9.17) is 9.47 Å². The minimum absolute atomic E-state index is 0.240. The molecule has 0 spiro atoms. The van der Waals surface area contributed by atoms with Crippen LogP contribution in [0.25, 0.3) is 0 Å². The van der Waals surface area contributed by atoms with Crippen LogP contribution in [0, 0.1) is 0 Å². The Morgan fingerprint density at radius 1 is 1.15 bits per heavy atom. The van der Waals surface area contributed by atoms with Gasteiger partial charge in [-0.25, -0.2) is 4.79 Å². The molecule has 0 radical (unpaired) electrons. The zero-order chi connectivity index (χ0) is 18.9. The molecule has 1 fully saturated rings. The smallest absolute Gasteiger partial charge is 0.319 e. The molecule has 7 heteroatoms. The molecular weight excluding hydrogens is 410 g/mol. The van der Waals surface area contributed by atoms with E-state index in [2.05, 4.69) is 31.5 Å². The predicted octanol–water partition coefficient (Wildman–Crippen LogP) is 3.48. The van der Waals surface area contributed by atoms with E-state index in [1.165, 1.54) is 0 Å². The molecule has 2 amide bonds. The molecule has 0 aromatic heterocycles. The van der Waals surface area contributed by atoms with Crippen molar-refractivity contribution < 1.29 is 14.3 Å². The Morgan fingerprint density at radius 3 is 2.70 bits per heavy atom. The van der Waals surface area contributed by atoms with Crippen LogP contribution in [0.1, 0.15) is 5.56 Å². The van der Waals surface area contributed by atoms with Gasteiger partial charge in [0.1, 0.15) is 12.4 Å². The summed E-state index contributed by atoms with van der Waals surface area (Å²) in [5.41, 5.74) is 1.74. The van der Waals surface area contributed by atoms with Crippen LogP contribution in [0.2, 0.25) is 0 Å². The van der Waals surface area contributed by atoms with Crippen LogP contribution in [-0.2, 0) is 11.3 Å². The van der Waals surface area contributed by atoms with E-state index >= 15 is 0 Å². The molecule has 0 bridgehead atoms. The number of urea groups is 1. The van der Waals surface area contributed by atoms with Crippen molar-refractivity contribution >= 4 is 27.6 Å². The summed E-state index contributed by atoms with van der Waals surface area (Å²) in [4.78, 5) is 14.4. The summed E-state index contributed by atoms with van der Waals surface area (Å²) in [6.07, 6.45) is 0. The molecule has 1 saturated heterocycles. The summed E-state index contributed by atoms with van der Waals surface area (Å²) in [5, 5.41) is 5.66. The topological polar surface area (TPSA) is 62.8 Å². The molecule has 2 aromatic carbocycles. The van der Waals surface area contributed by atoms with E-state index < -0.39 is 0 Å². The highest BCUT2D eigenvalue weighted by Crippen LogP contribution is 2.15. The Hall–Kier alpha value is -2.09. The normalized spacial score (nSPS) is 14.6. The Labute approximate surface area is 168 Å². The fourth-order valence-corrected chi connectivity index (χ4v) is 3.02. The number of amides is 2. The summed E-state index contributed by atoms with van der Waals surface area (Å²) in [6, 6.07) is 15.0. The van der Waals surface area contributed by atoms with Gasteiger partial charge in [-0.15, -0.1) is 0 Å². The molecule has 1 heterocycles. The first kappa shape index (κ1) is 19.7. The lowest BCUT2D eigenvalue weighted by molar-refractivity contribution is 0.0322. The van der Waals surface area contributed by atoms with E-state index in [1.807, 2.05) is 48.5 Å². The van der Waals surface area contributed by atoms with Gasteiger partial charge < -0.3 is 20.1 Å². The van der Waals surface area contributed by atoms with Crippen LogP contribution in [0.15, 0.2) is 53.0 Å². The number of rotatable bonds is 7. The van der Waals surface area contributed by atoms with E-state index in [1.54, 1.807) is 0 Å². The SMILES string of the molecule is O=C(NCc1cccc(OCCN2CCOCC2)c1)Nc1ccc(Br)cc1. The van der Waals surface area contributed by atoms with Gasteiger partial charge in [0.15, 0.2) is 0 Å². The van der Waals surface area contributed by atoms with Crippen molar-refractivity contribution in [3.63, 3.8) is 0 Å². The minimum atomic E-state index is -0.240.